The summed E-state index contributed by atoms with van der Waals surface area (Å²) in [6.45, 7) is 4.24. The van der Waals surface area contributed by atoms with E-state index in [0.717, 1.165) is 12.7 Å². The first-order chi connectivity index (χ1) is 24.2. The zero-order valence-corrected chi connectivity index (χ0v) is 28.9. The van der Waals surface area contributed by atoms with E-state index in [9.17, 15) is 37.2 Å². The summed E-state index contributed by atoms with van der Waals surface area (Å²) in [6, 6.07) is 16.2. The van der Waals surface area contributed by atoms with E-state index in [-0.39, 0.29) is 11.3 Å². The lowest BCUT2D eigenvalue weighted by Crippen LogP contribution is -2.60. The molecule has 0 saturated carbocycles. The Kier molecular flexibility index (Phi) is 10.9. The molecule has 1 unspecified atom stereocenters. The molecule has 0 aromatic heterocycles. The lowest BCUT2D eigenvalue weighted by molar-refractivity contribution is -0.147. The summed E-state index contributed by atoms with van der Waals surface area (Å²) in [7, 11) is -3.11. The van der Waals surface area contributed by atoms with Crippen LogP contribution in [-0.2, 0) is 49.8 Å². The van der Waals surface area contributed by atoms with Gasteiger partial charge in [0.2, 0.25) is 15.9 Å². The van der Waals surface area contributed by atoms with Crippen molar-refractivity contribution in [3.63, 3.8) is 0 Å². The molecule has 0 aliphatic carbocycles. The van der Waals surface area contributed by atoms with Gasteiger partial charge in [-0.1, -0.05) is 78.4 Å². The second-order valence-electron chi connectivity index (χ2n) is 12.0. The molecule has 2 saturated heterocycles. The highest BCUT2D eigenvalue weighted by molar-refractivity contribution is 7.89. The van der Waals surface area contributed by atoms with Crippen LogP contribution in [0, 0.1) is 6.92 Å². The smallest absolute Gasteiger partial charge is 0.418 e. The van der Waals surface area contributed by atoms with Crippen molar-refractivity contribution in [1.82, 2.24) is 19.8 Å². The van der Waals surface area contributed by atoms with Crippen molar-refractivity contribution in [2.75, 3.05) is 7.11 Å². The second-order valence-corrected chi connectivity index (χ2v) is 13.8. The zero-order valence-electron chi connectivity index (χ0n) is 28.0. The van der Waals surface area contributed by atoms with Crippen LogP contribution in [0.1, 0.15) is 36.6 Å². The highest BCUT2D eigenvalue weighted by Crippen LogP contribution is 2.35. The molecule has 2 aliphatic rings. The van der Waals surface area contributed by atoms with Crippen LogP contribution in [0.25, 0.3) is 0 Å². The molecule has 2 fully saturated rings. The third kappa shape index (κ3) is 7.76. The van der Waals surface area contributed by atoms with Crippen molar-refractivity contribution in [2.45, 2.75) is 68.5 Å². The summed E-state index contributed by atoms with van der Waals surface area (Å²) < 4.78 is 44.0. The third-order valence-corrected chi connectivity index (χ3v) is 10.00. The molecule has 2 N–H and O–H groups in total. The molecular weight excluding hydrogens is 684 g/mol. The molecule has 0 radical (unpaired) electrons. The fraction of sp³-hybridized carbons (Fsp3) is 0.314. The van der Waals surface area contributed by atoms with Crippen LogP contribution in [0.5, 0.6) is 0 Å². The Balaban J connectivity index is 1.45. The first kappa shape index (κ1) is 36.7. The first-order valence-corrected chi connectivity index (χ1v) is 17.3. The maximum atomic E-state index is 14.3. The van der Waals surface area contributed by atoms with Gasteiger partial charge >= 0.3 is 18.2 Å². The Morgan fingerprint density at radius 3 is 2.04 bits per heavy atom. The van der Waals surface area contributed by atoms with Crippen LogP contribution in [0.4, 0.5) is 9.59 Å². The third-order valence-electron chi connectivity index (χ3n) is 8.44. The van der Waals surface area contributed by atoms with Crippen molar-refractivity contribution in [3.05, 3.63) is 102 Å². The van der Waals surface area contributed by atoms with Gasteiger partial charge in [0.05, 0.1) is 18.0 Å². The van der Waals surface area contributed by atoms with Crippen LogP contribution >= 0.6 is 0 Å². The number of hydrogen-bond acceptors (Lipinski definition) is 11. The number of sulfonamides is 1. The van der Waals surface area contributed by atoms with Gasteiger partial charge in [-0.05, 0) is 44.0 Å². The number of ether oxygens (including phenoxy) is 3. The van der Waals surface area contributed by atoms with Crippen LogP contribution in [0.3, 0.4) is 0 Å². The van der Waals surface area contributed by atoms with E-state index in [4.69, 9.17) is 14.2 Å². The molecule has 5 rings (SSSR count). The van der Waals surface area contributed by atoms with E-state index in [1.807, 2.05) is 0 Å². The molecule has 6 atom stereocenters. The summed E-state index contributed by atoms with van der Waals surface area (Å²) in [5, 5.41) is 2.58. The summed E-state index contributed by atoms with van der Waals surface area (Å²) in [6.07, 6.45) is -5.23. The lowest BCUT2D eigenvalue weighted by Gasteiger charge is -2.29. The van der Waals surface area contributed by atoms with Gasteiger partial charge in [-0.25, -0.2) is 32.6 Å². The predicted octanol–water partition coefficient (Wildman–Crippen LogP) is 2.39. The number of carbonyl (C=O) groups excluding carboxylic acids is 6. The van der Waals surface area contributed by atoms with Gasteiger partial charge in [0, 0.05) is 6.42 Å². The summed E-state index contributed by atoms with van der Waals surface area (Å²) in [5.74, 6) is -4.13. The Hall–Kier alpha value is -5.61. The highest BCUT2D eigenvalue weighted by atomic mass is 32.2. The maximum absolute atomic E-state index is 14.3. The number of nitrogens with zero attached hydrogens (tertiary/aromatic N) is 2. The number of cyclic esters (lactones) is 2. The van der Waals surface area contributed by atoms with E-state index < -0.39 is 82.3 Å². The van der Waals surface area contributed by atoms with E-state index in [2.05, 4.69) is 10.0 Å². The van der Waals surface area contributed by atoms with Gasteiger partial charge < -0.3 is 19.5 Å². The molecule has 3 aromatic carbocycles. The minimum absolute atomic E-state index is 0.00535. The quantitative estimate of drug-likeness (QED) is 0.218. The predicted molar refractivity (Wildman–Crippen MR) is 178 cm³/mol. The van der Waals surface area contributed by atoms with Crippen molar-refractivity contribution in [2.24, 2.45) is 0 Å². The summed E-state index contributed by atoms with van der Waals surface area (Å²) in [4.78, 5) is 82.2. The normalized spacial score (nSPS) is 21.3. The molecule has 0 bridgehead atoms. The van der Waals surface area contributed by atoms with Gasteiger partial charge in [-0.3, -0.25) is 14.4 Å². The number of imide groups is 2. The topological polar surface area (TPSA) is 195 Å². The number of methoxy groups -OCH3 is 1. The zero-order chi connectivity index (χ0) is 37.0. The molecular formula is C35H36N4O11S. The first-order valence-electron chi connectivity index (χ1n) is 15.9. The molecule has 5 amide bonds. The summed E-state index contributed by atoms with van der Waals surface area (Å²) in [5.41, 5.74) is 1.81. The molecule has 2 heterocycles. The average Bonchev–Trinajstić information content (AvgIpc) is 3.62. The fourth-order valence-electron chi connectivity index (χ4n) is 5.86. The van der Waals surface area contributed by atoms with Gasteiger partial charge in [0.15, 0.2) is 18.2 Å². The largest absolute Gasteiger partial charge is 0.467 e. The Labute approximate surface area is 293 Å². The van der Waals surface area contributed by atoms with Crippen molar-refractivity contribution in [3.8, 4) is 0 Å². The minimum atomic E-state index is -4.26. The van der Waals surface area contributed by atoms with Crippen LogP contribution in [0.15, 0.2) is 89.8 Å². The Bertz CT molecular complexity index is 1920. The van der Waals surface area contributed by atoms with Crippen LogP contribution < -0.4 is 10.0 Å². The molecule has 268 valence electrons. The lowest BCUT2D eigenvalue weighted by atomic mass is 9.99. The van der Waals surface area contributed by atoms with Gasteiger partial charge in [0.1, 0.15) is 12.1 Å². The average molecular weight is 721 g/mol. The van der Waals surface area contributed by atoms with Gasteiger partial charge in [-0.15, -0.1) is 0 Å². The Morgan fingerprint density at radius 1 is 0.843 bits per heavy atom. The van der Waals surface area contributed by atoms with Gasteiger partial charge in [0.25, 0.3) is 11.8 Å². The van der Waals surface area contributed by atoms with Crippen molar-refractivity contribution < 1.29 is 51.4 Å². The van der Waals surface area contributed by atoms with E-state index >= 15 is 0 Å². The van der Waals surface area contributed by atoms with E-state index in [1.54, 1.807) is 79.7 Å². The molecule has 2 aliphatic heterocycles. The Morgan fingerprint density at radius 2 is 1.43 bits per heavy atom. The van der Waals surface area contributed by atoms with Crippen LogP contribution in [-0.4, -0.2) is 91.5 Å². The number of aryl methyl sites for hydroxylation is 1. The molecule has 0 spiro atoms. The van der Waals surface area contributed by atoms with Crippen LogP contribution in [0.2, 0.25) is 0 Å². The number of rotatable bonds is 11. The number of carbonyl (C=O) groups is 6. The van der Waals surface area contributed by atoms with Crippen molar-refractivity contribution in [1.29, 1.82) is 0 Å². The highest BCUT2D eigenvalue weighted by Gasteiger charge is 2.57. The number of amides is 5. The van der Waals surface area contributed by atoms with Crippen molar-refractivity contribution >= 4 is 45.9 Å². The van der Waals surface area contributed by atoms with E-state index in [1.165, 1.54) is 26.0 Å². The number of nitrogens with one attached hydrogen (secondary N) is 2. The molecule has 51 heavy (non-hydrogen) atoms. The number of benzene rings is 3. The number of hydrogen-bond donors (Lipinski definition) is 2. The minimum Gasteiger partial charge on any atom is -0.467 e. The molecule has 3 aromatic rings. The van der Waals surface area contributed by atoms with Gasteiger partial charge in [-0.2, -0.15) is 4.72 Å². The maximum Gasteiger partial charge on any atom is 0.418 e. The van der Waals surface area contributed by atoms with E-state index in [0.29, 0.717) is 20.9 Å². The second kappa shape index (κ2) is 15.1. The SMILES string of the molecule is COC(=O)[C@H](Cc1ccccc1)NC(=O)[C@H]1C(c2ccccc2)OC(=O)N1C(=O)[C@@H]1[C@@H](C)OC(=O)N1C(=O)[C@H](C)NS(=O)(=O)c1ccc(C)cc1. The molecule has 15 nitrogen and oxygen atoms in total. The standard InChI is InChI=1S/C35H36N4O11S/c1-20-15-17-25(18-16-20)51(46,47)37-21(2)31(41)38-27(22(3)49-34(38)44)32(42)39-28(29(50-35(39)45)24-13-9-6-10-14-24)30(40)36-26(33(43)48-4)19-23-11-7-5-8-12-23/h5-18,21-22,26-29,37H,19H2,1-4H3,(H,36,40)/t21-,22+,26-,27-,28+,29?/m0/s1. The molecule has 16 heteroatoms. The monoisotopic (exact) mass is 720 g/mol. The summed E-state index contributed by atoms with van der Waals surface area (Å²) >= 11 is 0. The number of esters is 1. The fourth-order valence-corrected chi connectivity index (χ4v) is 7.05.